The number of nitrogens with two attached hydrogens (primary N) is 2. The van der Waals surface area contributed by atoms with Gasteiger partial charge in [0.2, 0.25) is 15.9 Å². The molecule has 2 aromatic carbocycles. The van der Waals surface area contributed by atoms with E-state index in [1.54, 1.807) is 28.4 Å². The van der Waals surface area contributed by atoms with Gasteiger partial charge >= 0.3 is 0 Å². The third kappa shape index (κ3) is 5.37. The molecule has 1 fully saturated rings. The van der Waals surface area contributed by atoms with Crippen molar-refractivity contribution in [1.82, 2.24) is 4.90 Å². The van der Waals surface area contributed by atoms with Crippen molar-refractivity contribution in [3.8, 4) is 17.2 Å². The molecule has 0 radical (unpaired) electrons. The molecule has 0 unspecified atom stereocenters. The van der Waals surface area contributed by atoms with Gasteiger partial charge in [-0.3, -0.25) is 4.79 Å². The van der Waals surface area contributed by atoms with Gasteiger partial charge in [-0.15, -0.1) is 0 Å². The molecular weight excluding hydrogens is 492 g/mol. The first-order valence-corrected chi connectivity index (χ1v) is 14.3. The largest absolute Gasteiger partial charge is 0.320 e. The number of primary sulfonamides is 1. The van der Waals surface area contributed by atoms with Gasteiger partial charge in [-0.05, 0) is 76.4 Å². The van der Waals surface area contributed by atoms with Crippen LogP contribution in [0, 0.1) is 17.2 Å². The van der Waals surface area contributed by atoms with Crippen molar-refractivity contribution in [2.24, 2.45) is 16.8 Å². The Morgan fingerprint density at radius 1 is 1.06 bits per heavy atom. The lowest BCUT2D eigenvalue weighted by Gasteiger charge is -2.37. The number of benzene rings is 2. The van der Waals surface area contributed by atoms with Crippen LogP contribution in [-0.4, -0.2) is 30.8 Å². The lowest BCUT2D eigenvalue weighted by atomic mass is 9.93. The molecule has 2 atom stereocenters. The molecule has 188 valence electrons. The number of rotatable bonds is 9. The van der Waals surface area contributed by atoms with E-state index in [0.717, 1.165) is 22.3 Å². The van der Waals surface area contributed by atoms with Crippen LogP contribution in [0.25, 0.3) is 11.1 Å². The van der Waals surface area contributed by atoms with Crippen LogP contribution in [0.3, 0.4) is 0 Å². The molecule has 1 aromatic heterocycles. The summed E-state index contributed by atoms with van der Waals surface area (Å²) in [7, 11) is -3.76. The van der Waals surface area contributed by atoms with Crippen LogP contribution in [0.5, 0.6) is 0 Å². The molecule has 4 N–H and O–H groups in total. The maximum absolute atomic E-state index is 13.7. The molecule has 3 aromatic rings. The van der Waals surface area contributed by atoms with E-state index in [-0.39, 0.29) is 16.7 Å². The van der Waals surface area contributed by atoms with Crippen molar-refractivity contribution >= 4 is 27.3 Å². The molecule has 0 saturated heterocycles. The van der Waals surface area contributed by atoms with Crippen LogP contribution >= 0.6 is 11.3 Å². The van der Waals surface area contributed by atoms with Gasteiger partial charge in [0.05, 0.1) is 23.0 Å². The molecule has 1 aliphatic carbocycles. The Bertz CT molecular complexity index is 1360. The second kappa shape index (κ2) is 10.1. The Hall–Kier alpha value is -3.03. The third-order valence-electron chi connectivity index (χ3n) is 6.53. The van der Waals surface area contributed by atoms with Gasteiger partial charge in [-0.2, -0.15) is 16.6 Å². The fraction of sp³-hybridized carbons (Fsp3) is 0.333. The summed E-state index contributed by atoms with van der Waals surface area (Å²) in [5.41, 5.74) is 9.05. The summed E-state index contributed by atoms with van der Waals surface area (Å²) in [6.45, 7) is 4.05. The van der Waals surface area contributed by atoms with Crippen LogP contribution in [0.4, 0.5) is 0 Å². The zero-order valence-corrected chi connectivity index (χ0v) is 21.9. The minimum atomic E-state index is -3.76. The second-order valence-corrected chi connectivity index (χ2v) is 12.1. The first-order chi connectivity index (χ1) is 17.1. The Kier molecular flexibility index (Phi) is 7.34. The minimum absolute atomic E-state index is 0.0542. The molecule has 7 nitrogen and oxygen atoms in total. The zero-order valence-electron chi connectivity index (χ0n) is 20.3. The van der Waals surface area contributed by atoms with Crippen LogP contribution in [0.1, 0.15) is 50.3 Å². The van der Waals surface area contributed by atoms with E-state index in [1.807, 2.05) is 54.9 Å². The highest BCUT2D eigenvalue weighted by Gasteiger charge is 2.54. The average molecular weight is 523 g/mol. The summed E-state index contributed by atoms with van der Waals surface area (Å²) in [5.74, 6) is 0.0455. The highest BCUT2D eigenvalue weighted by atomic mass is 32.2. The Labute approximate surface area is 216 Å². The maximum Gasteiger partial charge on any atom is 0.241 e. The van der Waals surface area contributed by atoms with Crippen molar-refractivity contribution in [1.29, 1.82) is 5.26 Å². The molecule has 1 saturated carbocycles. The molecule has 0 spiro atoms. The first-order valence-electron chi connectivity index (χ1n) is 11.8. The molecule has 1 amide bonds. The predicted octanol–water partition coefficient (Wildman–Crippen LogP) is 4.41. The Morgan fingerprint density at radius 3 is 2.08 bits per heavy atom. The van der Waals surface area contributed by atoms with Gasteiger partial charge in [-0.25, -0.2) is 13.6 Å². The number of nitriles is 1. The molecule has 4 rings (SSSR count). The lowest BCUT2D eigenvalue weighted by Crippen LogP contribution is -2.51. The van der Waals surface area contributed by atoms with E-state index < -0.39 is 27.6 Å². The number of sulfonamides is 1. The second-order valence-electron chi connectivity index (χ2n) is 9.74. The van der Waals surface area contributed by atoms with Gasteiger partial charge in [-0.1, -0.05) is 50.2 Å². The van der Waals surface area contributed by atoms with Gasteiger partial charge in [0.1, 0.15) is 5.54 Å². The van der Waals surface area contributed by atoms with Gasteiger partial charge in [0, 0.05) is 0 Å². The molecule has 1 aliphatic rings. The topological polar surface area (TPSA) is 130 Å². The molecule has 0 bridgehead atoms. The van der Waals surface area contributed by atoms with E-state index in [0.29, 0.717) is 19.3 Å². The SMILES string of the molecule is CC(C)C[C@H](N)C(=O)N([C@@H](c1ccc(-c2ccc(S(N)(=O)=O)cc2)cc1)c1ccsc1)C1(C#N)CC1. The molecular formula is C27H30N4O3S2. The fourth-order valence-electron chi connectivity index (χ4n) is 4.51. The summed E-state index contributed by atoms with van der Waals surface area (Å²) >= 11 is 1.54. The normalized spacial score (nSPS) is 16.2. The van der Waals surface area contributed by atoms with E-state index in [9.17, 15) is 18.5 Å². The van der Waals surface area contributed by atoms with Crippen molar-refractivity contribution < 1.29 is 13.2 Å². The van der Waals surface area contributed by atoms with E-state index >= 15 is 0 Å². The Balaban J connectivity index is 1.73. The zero-order chi connectivity index (χ0) is 26.1. The van der Waals surface area contributed by atoms with Gasteiger partial charge in [0.15, 0.2) is 0 Å². The Morgan fingerprint density at radius 2 is 1.64 bits per heavy atom. The summed E-state index contributed by atoms with van der Waals surface area (Å²) < 4.78 is 23.1. The summed E-state index contributed by atoms with van der Waals surface area (Å²) in [6, 6.07) is 17.4. The van der Waals surface area contributed by atoms with Crippen LogP contribution < -0.4 is 10.9 Å². The van der Waals surface area contributed by atoms with Crippen LogP contribution in [0.15, 0.2) is 70.3 Å². The standard InChI is InChI=1S/C27H30N4O3S2/c1-18(2)15-24(29)26(32)31(27(17-28)12-13-27)25(22-11-14-35-16-22)21-5-3-19(4-6-21)20-7-9-23(10-8-20)36(30,33)34/h3-11,14,16,18,24-25H,12-13,15,29H2,1-2H3,(H2,30,33,34)/t24-,25-/m0/s1. The smallest absolute Gasteiger partial charge is 0.241 e. The third-order valence-corrected chi connectivity index (χ3v) is 8.16. The first kappa shape index (κ1) is 26.0. The number of nitrogens with zero attached hydrogens (tertiary/aromatic N) is 2. The number of hydrogen-bond donors (Lipinski definition) is 2. The predicted molar refractivity (Wildman–Crippen MR) is 141 cm³/mol. The highest BCUT2D eigenvalue weighted by molar-refractivity contribution is 7.89. The molecule has 36 heavy (non-hydrogen) atoms. The molecule has 9 heteroatoms. The minimum Gasteiger partial charge on any atom is -0.320 e. The fourth-order valence-corrected chi connectivity index (χ4v) is 5.71. The van der Waals surface area contributed by atoms with E-state index in [2.05, 4.69) is 6.07 Å². The number of amides is 1. The quantitative estimate of drug-likeness (QED) is 0.430. The van der Waals surface area contributed by atoms with Gasteiger partial charge in [0.25, 0.3) is 0 Å². The van der Waals surface area contributed by atoms with Crippen molar-refractivity contribution in [2.75, 3.05) is 0 Å². The highest BCUT2D eigenvalue weighted by Crippen LogP contribution is 2.48. The summed E-state index contributed by atoms with van der Waals surface area (Å²) in [6.07, 6.45) is 1.79. The van der Waals surface area contributed by atoms with Crippen LogP contribution in [-0.2, 0) is 14.8 Å². The van der Waals surface area contributed by atoms with E-state index in [1.165, 1.54) is 12.1 Å². The van der Waals surface area contributed by atoms with Crippen LogP contribution in [0.2, 0.25) is 0 Å². The van der Waals surface area contributed by atoms with Crippen molar-refractivity contribution in [3.63, 3.8) is 0 Å². The number of hydrogen-bond acceptors (Lipinski definition) is 6. The lowest BCUT2D eigenvalue weighted by molar-refractivity contribution is -0.137. The summed E-state index contributed by atoms with van der Waals surface area (Å²) in [5, 5.41) is 19.2. The number of thiophene rings is 1. The van der Waals surface area contributed by atoms with E-state index in [4.69, 9.17) is 10.9 Å². The molecule has 0 aliphatic heterocycles. The monoisotopic (exact) mass is 522 g/mol. The van der Waals surface area contributed by atoms with Crippen molar-refractivity contribution in [2.45, 2.75) is 55.6 Å². The number of carbonyl (C=O) groups is 1. The average Bonchev–Trinajstić information content (AvgIpc) is 3.45. The maximum atomic E-state index is 13.7. The van der Waals surface area contributed by atoms with Gasteiger partial charge < -0.3 is 10.6 Å². The van der Waals surface area contributed by atoms with Crippen molar-refractivity contribution in [3.05, 3.63) is 76.5 Å². The molecule has 1 heterocycles. The number of carbonyl (C=O) groups excluding carboxylic acids is 1. The summed E-state index contributed by atoms with van der Waals surface area (Å²) in [4.78, 5) is 15.5.